The Bertz CT molecular complexity index is 559. The number of ether oxygens (including phenoxy) is 1. The van der Waals surface area contributed by atoms with Crippen LogP contribution in [0.15, 0.2) is 23.1 Å². The van der Waals surface area contributed by atoms with Crippen molar-refractivity contribution in [3.05, 3.63) is 34.2 Å². The van der Waals surface area contributed by atoms with Gasteiger partial charge in [0, 0.05) is 30.9 Å². The second-order valence-corrected chi connectivity index (χ2v) is 5.56. The summed E-state index contributed by atoms with van der Waals surface area (Å²) in [6.07, 6.45) is 1.47. The van der Waals surface area contributed by atoms with Crippen molar-refractivity contribution in [2.75, 3.05) is 6.61 Å². The highest BCUT2D eigenvalue weighted by molar-refractivity contribution is 5.96. The lowest BCUT2D eigenvalue weighted by Gasteiger charge is -2.21. The predicted octanol–water partition coefficient (Wildman–Crippen LogP) is 0.763. The number of nitrogens with one attached hydrogen (secondary N) is 2. The minimum atomic E-state index is -1.15. The molecule has 21 heavy (non-hydrogen) atoms. The number of rotatable bonds is 6. The van der Waals surface area contributed by atoms with E-state index in [4.69, 9.17) is 9.84 Å². The summed E-state index contributed by atoms with van der Waals surface area (Å²) in [6, 6.07) is 1.44. The van der Waals surface area contributed by atoms with Crippen molar-refractivity contribution in [1.82, 2.24) is 10.3 Å². The minimum absolute atomic E-state index is 0.113. The van der Waals surface area contributed by atoms with Gasteiger partial charge >= 0.3 is 5.97 Å². The average molecular weight is 296 g/mol. The number of pyridine rings is 1. The van der Waals surface area contributed by atoms with Crippen LogP contribution >= 0.6 is 0 Å². The number of hydrogen-bond acceptors (Lipinski definition) is 4. The van der Waals surface area contributed by atoms with Gasteiger partial charge in [0.1, 0.15) is 6.04 Å². The Labute approximate surface area is 122 Å². The lowest BCUT2D eigenvalue weighted by molar-refractivity contribution is -0.140. The Morgan fingerprint density at radius 3 is 2.62 bits per heavy atom. The first-order valence-corrected chi connectivity index (χ1v) is 6.55. The zero-order chi connectivity index (χ0) is 16.0. The molecular weight excluding hydrogens is 276 g/mol. The van der Waals surface area contributed by atoms with Crippen LogP contribution in [0.4, 0.5) is 0 Å². The van der Waals surface area contributed by atoms with Gasteiger partial charge in [0.2, 0.25) is 5.56 Å². The highest BCUT2D eigenvalue weighted by Gasteiger charge is 2.21. The summed E-state index contributed by atoms with van der Waals surface area (Å²) < 4.78 is 5.45. The molecule has 1 atom stereocenters. The van der Waals surface area contributed by atoms with Crippen molar-refractivity contribution in [2.24, 2.45) is 0 Å². The van der Waals surface area contributed by atoms with E-state index < -0.39 is 23.5 Å². The van der Waals surface area contributed by atoms with Crippen molar-refractivity contribution >= 4 is 11.9 Å². The molecule has 7 heteroatoms. The van der Waals surface area contributed by atoms with Gasteiger partial charge in [-0.15, -0.1) is 0 Å². The van der Waals surface area contributed by atoms with Gasteiger partial charge in [-0.2, -0.15) is 0 Å². The predicted molar refractivity (Wildman–Crippen MR) is 76.3 cm³/mol. The van der Waals surface area contributed by atoms with Crippen LogP contribution in [-0.4, -0.2) is 40.2 Å². The minimum Gasteiger partial charge on any atom is -0.480 e. The second kappa shape index (κ2) is 7.03. The second-order valence-electron chi connectivity index (χ2n) is 5.56. The summed E-state index contributed by atoms with van der Waals surface area (Å²) in [4.78, 5) is 36.6. The van der Waals surface area contributed by atoms with Crippen molar-refractivity contribution in [3.8, 4) is 0 Å². The van der Waals surface area contributed by atoms with Crippen LogP contribution in [0.3, 0.4) is 0 Å². The van der Waals surface area contributed by atoms with E-state index in [1.807, 2.05) is 20.8 Å². The molecule has 1 rings (SSSR count). The van der Waals surface area contributed by atoms with E-state index >= 15 is 0 Å². The molecule has 1 unspecified atom stereocenters. The maximum absolute atomic E-state index is 11.9. The molecule has 3 N–H and O–H groups in total. The fourth-order valence-electron chi connectivity index (χ4n) is 1.57. The third-order valence-electron chi connectivity index (χ3n) is 2.58. The van der Waals surface area contributed by atoms with E-state index in [2.05, 4.69) is 10.3 Å². The molecule has 0 spiro atoms. The Morgan fingerprint density at radius 2 is 2.10 bits per heavy atom. The monoisotopic (exact) mass is 296 g/mol. The Hall–Kier alpha value is -2.15. The number of amides is 1. The van der Waals surface area contributed by atoms with Crippen molar-refractivity contribution in [2.45, 2.75) is 38.8 Å². The fraction of sp³-hybridized carbons (Fsp3) is 0.500. The summed E-state index contributed by atoms with van der Waals surface area (Å²) in [7, 11) is 0. The average Bonchev–Trinajstić information content (AvgIpc) is 2.35. The normalized spacial score (nSPS) is 12.7. The number of hydrogen-bond donors (Lipinski definition) is 3. The van der Waals surface area contributed by atoms with Crippen LogP contribution in [0.25, 0.3) is 0 Å². The van der Waals surface area contributed by atoms with Gasteiger partial charge in [0.05, 0.1) is 5.60 Å². The Morgan fingerprint density at radius 1 is 1.43 bits per heavy atom. The van der Waals surface area contributed by atoms with Gasteiger partial charge in [-0.3, -0.25) is 9.59 Å². The lowest BCUT2D eigenvalue weighted by Crippen LogP contribution is -2.42. The van der Waals surface area contributed by atoms with E-state index in [1.165, 1.54) is 12.3 Å². The Kier molecular flexibility index (Phi) is 5.66. The van der Waals surface area contributed by atoms with Crippen LogP contribution in [0, 0.1) is 0 Å². The number of carboxylic acid groups (broad SMARTS) is 1. The molecule has 0 fully saturated rings. The molecule has 1 aromatic heterocycles. The van der Waals surface area contributed by atoms with Gasteiger partial charge < -0.3 is 20.1 Å². The van der Waals surface area contributed by atoms with Crippen molar-refractivity contribution < 1.29 is 19.4 Å². The van der Waals surface area contributed by atoms with E-state index in [1.54, 1.807) is 0 Å². The molecule has 1 heterocycles. The third kappa shape index (κ3) is 6.22. The summed E-state index contributed by atoms with van der Waals surface area (Å²) >= 11 is 0. The van der Waals surface area contributed by atoms with Gasteiger partial charge in [0.25, 0.3) is 5.91 Å². The Balaban J connectivity index is 2.64. The highest BCUT2D eigenvalue weighted by atomic mass is 16.5. The standard InChI is InChI=1S/C14H20N2O5/c1-14(2,3)21-7-5-10(13(19)20)16-12(18)9-4-6-15-11(17)8-9/h4,6,8,10H,5,7H2,1-3H3,(H,15,17)(H,16,18)(H,19,20). The number of carbonyl (C=O) groups excluding carboxylic acids is 1. The first-order valence-electron chi connectivity index (χ1n) is 6.55. The maximum Gasteiger partial charge on any atom is 0.326 e. The molecule has 0 aliphatic rings. The first kappa shape index (κ1) is 16.9. The molecule has 0 aliphatic carbocycles. The number of aromatic amines is 1. The molecule has 0 bridgehead atoms. The summed E-state index contributed by atoms with van der Waals surface area (Å²) in [6.45, 7) is 5.78. The maximum atomic E-state index is 11.9. The molecule has 0 saturated heterocycles. The number of aliphatic carboxylic acids is 1. The number of H-pyrrole nitrogens is 1. The van der Waals surface area contributed by atoms with Crippen LogP contribution < -0.4 is 10.9 Å². The van der Waals surface area contributed by atoms with Crippen LogP contribution in [-0.2, 0) is 9.53 Å². The quantitative estimate of drug-likeness (QED) is 0.718. The largest absolute Gasteiger partial charge is 0.480 e. The molecule has 0 aromatic carbocycles. The molecule has 116 valence electrons. The summed E-state index contributed by atoms with van der Waals surface area (Å²) in [5, 5.41) is 11.5. The lowest BCUT2D eigenvalue weighted by atomic mass is 10.1. The zero-order valence-corrected chi connectivity index (χ0v) is 12.3. The zero-order valence-electron chi connectivity index (χ0n) is 12.3. The van der Waals surface area contributed by atoms with Gasteiger partial charge in [-0.1, -0.05) is 0 Å². The molecule has 0 aliphatic heterocycles. The van der Waals surface area contributed by atoms with Gasteiger partial charge in [0.15, 0.2) is 0 Å². The van der Waals surface area contributed by atoms with Crippen molar-refractivity contribution in [3.63, 3.8) is 0 Å². The molecule has 0 saturated carbocycles. The number of carbonyl (C=O) groups is 2. The number of carboxylic acids is 1. The SMILES string of the molecule is CC(C)(C)OCCC(NC(=O)c1cc[nH]c(=O)c1)C(=O)O. The van der Waals surface area contributed by atoms with Gasteiger partial charge in [-0.25, -0.2) is 4.79 Å². The van der Waals surface area contributed by atoms with E-state index in [0.717, 1.165) is 6.07 Å². The highest BCUT2D eigenvalue weighted by Crippen LogP contribution is 2.08. The van der Waals surface area contributed by atoms with E-state index in [-0.39, 0.29) is 24.2 Å². The summed E-state index contributed by atoms with van der Waals surface area (Å²) in [5.74, 6) is -1.75. The van der Waals surface area contributed by atoms with Crippen molar-refractivity contribution in [1.29, 1.82) is 0 Å². The van der Waals surface area contributed by atoms with Crippen LogP contribution in [0.1, 0.15) is 37.6 Å². The van der Waals surface area contributed by atoms with E-state index in [9.17, 15) is 14.4 Å². The third-order valence-corrected chi connectivity index (χ3v) is 2.58. The van der Waals surface area contributed by atoms with Gasteiger partial charge in [-0.05, 0) is 26.8 Å². The fourth-order valence-corrected chi connectivity index (χ4v) is 1.57. The molecule has 0 radical (unpaired) electrons. The number of aromatic nitrogens is 1. The first-order chi connectivity index (χ1) is 9.69. The van der Waals surface area contributed by atoms with E-state index in [0.29, 0.717) is 0 Å². The molecule has 1 amide bonds. The molecule has 1 aromatic rings. The van der Waals surface area contributed by atoms with Crippen LogP contribution in [0.5, 0.6) is 0 Å². The smallest absolute Gasteiger partial charge is 0.326 e. The topological polar surface area (TPSA) is 108 Å². The molecular formula is C14H20N2O5. The van der Waals surface area contributed by atoms with Crippen LogP contribution in [0.2, 0.25) is 0 Å². The summed E-state index contributed by atoms with van der Waals surface area (Å²) in [5.41, 5.74) is -0.688. The molecule has 7 nitrogen and oxygen atoms in total.